The first kappa shape index (κ1) is 9.71. The number of rotatable bonds is 0. The summed E-state index contributed by atoms with van der Waals surface area (Å²) in [5.41, 5.74) is 4.18. The third kappa shape index (κ3) is 1.57. The van der Waals surface area contributed by atoms with Crippen molar-refractivity contribution in [3.63, 3.8) is 0 Å². The van der Waals surface area contributed by atoms with Gasteiger partial charge in [0.15, 0.2) is 0 Å². The molecule has 1 aromatic rings. The summed E-state index contributed by atoms with van der Waals surface area (Å²) >= 11 is 0. The first-order valence-electron chi connectivity index (χ1n) is 5.23. The lowest BCUT2D eigenvalue weighted by molar-refractivity contribution is 0.308. The quantitative estimate of drug-likeness (QED) is 0.680. The van der Waals surface area contributed by atoms with E-state index in [4.69, 9.17) is 0 Å². The number of hydrogen-bond donors (Lipinski definition) is 1. The molecule has 1 aromatic heterocycles. The highest BCUT2D eigenvalue weighted by Crippen LogP contribution is 2.28. The molecule has 0 bridgehead atoms. The summed E-state index contributed by atoms with van der Waals surface area (Å²) in [5.74, 6) is 0. The van der Waals surface area contributed by atoms with Crippen molar-refractivity contribution in [3.05, 3.63) is 17.0 Å². The Morgan fingerprint density at radius 1 is 1.36 bits per heavy atom. The molecule has 0 saturated carbocycles. The second-order valence-corrected chi connectivity index (χ2v) is 5.27. The van der Waals surface area contributed by atoms with Crippen LogP contribution in [0.3, 0.4) is 0 Å². The SMILES string of the molecule is CN1CCc2c(C(C)(C)C)n[nH]c2C1. The molecule has 14 heavy (non-hydrogen) atoms. The number of nitrogens with zero attached hydrogens (tertiary/aromatic N) is 2. The number of aromatic amines is 1. The molecule has 3 heteroatoms. The van der Waals surface area contributed by atoms with Crippen LogP contribution < -0.4 is 0 Å². The number of nitrogens with one attached hydrogen (secondary N) is 1. The molecule has 78 valence electrons. The number of likely N-dealkylation sites (N-methyl/N-ethyl adjacent to an activating group) is 1. The molecular formula is C11H19N3. The fraction of sp³-hybridized carbons (Fsp3) is 0.727. The Bertz CT molecular complexity index is 333. The Morgan fingerprint density at radius 2 is 2.07 bits per heavy atom. The largest absolute Gasteiger partial charge is 0.300 e. The Labute approximate surface area is 85.5 Å². The zero-order valence-corrected chi connectivity index (χ0v) is 9.52. The van der Waals surface area contributed by atoms with Gasteiger partial charge in [-0.25, -0.2) is 0 Å². The van der Waals surface area contributed by atoms with Crippen molar-refractivity contribution in [3.8, 4) is 0 Å². The topological polar surface area (TPSA) is 31.9 Å². The molecule has 0 aliphatic carbocycles. The molecule has 0 saturated heterocycles. The maximum Gasteiger partial charge on any atom is 0.0711 e. The van der Waals surface area contributed by atoms with E-state index in [2.05, 4.69) is 42.9 Å². The molecule has 0 unspecified atom stereocenters. The van der Waals surface area contributed by atoms with E-state index in [9.17, 15) is 0 Å². The van der Waals surface area contributed by atoms with E-state index < -0.39 is 0 Å². The van der Waals surface area contributed by atoms with E-state index in [1.54, 1.807) is 0 Å². The van der Waals surface area contributed by atoms with Gasteiger partial charge in [-0.05, 0) is 19.0 Å². The number of aromatic nitrogens is 2. The van der Waals surface area contributed by atoms with Crippen molar-refractivity contribution >= 4 is 0 Å². The highest BCUT2D eigenvalue weighted by Gasteiger charge is 2.26. The standard InChI is InChI=1S/C11H19N3/c1-11(2,3)10-8-5-6-14(4)7-9(8)12-13-10/h5-7H2,1-4H3,(H,12,13). The molecular weight excluding hydrogens is 174 g/mol. The van der Waals surface area contributed by atoms with Crippen LogP contribution in [0.4, 0.5) is 0 Å². The van der Waals surface area contributed by atoms with Crippen molar-refractivity contribution < 1.29 is 0 Å². The molecule has 0 radical (unpaired) electrons. The predicted molar refractivity (Wildman–Crippen MR) is 57.3 cm³/mol. The normalized spacial score (nSPS) is 18.3. The van der Waals surface area contributed by atoms with Crippen LogP contribution >= 0.6 is 0 Å². The van der Waals surface area contributed by atoms with Gasteiger partial charge < -0.3 is 4.90 Å². The van der Waals surface area contributed by atoms with E-state index in [0.29, 0.717) is 0 Å². The molecule has 3 nitrogen and oxygen atoms in total. The van der Waals surface area contributed by atoms with E-state index >= 15 is 0 Å². The first-order valence-corrected chi connectivity index (χ1v) is 5.23. The second-order valence-electron chi connectivity index (χ2n) is 5.27. The van der Waals surface area contributed by atoms with Crippen LogP contribution in [-0.2, 0) is 18.4 Å². The Balaban J connectivity index is 2.38. The maximum atomic E-state index is 4.45. The number of hydrogen-bond acceptors (Lipinski definition) is 2. The Morgan fingerprint density at radius 3 is 2.71 bits per heavy atom. The zero-order chi connectivity index (χ0) is 10.3. The second kappa shape index (κ2) is 3.09. The molecule has 1 aliphatic rings. The van der Waals surface area contributed by atoms with Gasteiger partial charge in [0.2, 0.25) is 0 Å². The van der Waals surface area contributed by atoms with Gasteiger partial charge in [0.05, 0.1) is 11.4 Å². The fourth-order valence-corrected chi connectivity index (χ4v) is 2.07. The molecule has 2 heterocycles. The molecule has 0 aromatic carbocycles. The first-order chi connectivity index (χ1) is 6.48. The van der Waals surface area contributed by atoms with Crippen LogP contribution in [0.25, 0.3) is 0 Å². The predicted octanol–water partition coefficient (Wildman–Crippen LogP) is 1.70. The van der Waals surface area contributed by atoms with Gasteiger partial charge in [0.1, 0.15) is 0 Å². The minimum atomic E-state index is 0.167. The van der Waals surface area contributed by atoms with Crippen LogP contribution in [-0.4, -0.2) is 28.7 Å². The molecule has 1 N–H and O–H groups in total. The minimum absolute atomic E-state index is 0.167. The molecule has 0 amide bonds. The van der Waals surface area contributed by atoms with Gasteiger partial charge in [-0.15, -0.1) is 0 Å². The third-order valence-corrected chi connectivity index (χ3v) is 2.83. The number of fused-ring (bicyclic) bond motifs is 1. The Hall–Kier alpha value is -0.830. The summed E-state index contributed by atoms with van der Waals surface area (Å²) < 4.78 is 0. The molecule has 2 rings (SSSR count). The molecule has 0 spiro atoms. The summed E-state index contributed by atoms with van der Waals surface area (Å²) in [6.07, 6.45) is 1.13. The number of H-pyrrole nitrogens is 1. The lowest BCUT2D eigenvalue weighted by atomic mass is 9.87. The molecule has 1 aliphatic heterocycles. The van der Waals surface area contributed by atoms with Crippen molar-refractivity contribution in [2.45, 2.75) is 39.2 Å². The average molecular weight is 193 g/mol. The highest BCUT2D eigenvalue weighted by molar-refractivity contribution is 5.32. The van der Waals surface area contributed by atoms with Gasteiger partial charge in [-0.1, -0.05) is 20.8 Å². The summed E-state index contributed by atoms with van der Waals surface area (Å²) in [6.45, 7) is 8.83. The van der Waals surface area contributed by atoms with E-state index in [0.717, 1.165) is 19.5 Å². The summed E-state index contributed by atoms with van der Waals surface area (Å²) in [6, 6.07) is 0. The third-order valence-electron chi connectivity index (χ3n) is 2.83. The fourth-order valence-electron chi connectivity index (χ4n) is 2.07. The van der Waals surface area contributed by atoms with Crippen LogP contribution in [0.5, 0.6) is 0 Å². The highest BCUT2D eigenvalue weighted by atomic mass is 15.2. The summed E-state index contributed by atoms with van der Waals surface area (Å²) in [5, 5.41) is 7.62. The van der Waals surface area contributed by atoms with Crippen LogP contribution in [0.1, 0.15) is 37.7 Å². The van der Waals surface area contributed by atoms with Crippen molar-refractivity contribution in [1.82, 2.24) is 15.1 Å². The van der Waals surface area contributed by atoms with Crippen LogP contribution in [0.2, 0.25) is 0 Å². The van der Waals surface area contributed by atoms with Crippen LogP contribution in [0, 0.1) is 0 Å². The van der Waals surface area contributed by atoms with Gasteiger partial charge >= 0.3 is 0 Å². The molecule has 0 fully saturated rings. The maximum absolute atomic E-state index is 4.45. The average Bonchev–Trinajstić information content (AvgIpc) is 2.45. The monoisotopic (exact) mass is 193 g/mol. The van der Waals surface area contributed by atoms with Crippen LogP contribution in [0.15, 0.2) is 0 Å². The van der Waals surface area contributed by atoms with Gasteiger partial charge in [0, 0.05) is 18.5 Å². The van der Waals surface area contributed by atoms with Crippen molar-refractivity contribution in [2.75, 3.05) is 13.6 Å². The zero-order valence-electron chi connectivity index (χ0n) is 9.52. The lowest BCUT2D eigenvalue weighted by Gasteiger charge is -2.24. The van der Waals surface area contributed by atoms with E-state index in [1.807, 2.05) is 0 Å². The molecule has 0 atom stereocenters. The van der Waals surface area contributed by atoms with Crippen molar-refractivity contribution in [2.24, 2.45) is 0 Å². The minimum Gasteiger partial charge on any atom is -0.300 e. The van der Waals surface area contributed by atoms with Gasteiger partial charge in [0.25, 0.3) is 0 Å². The van der Waals surface area contributed by atoms with E-state index in [-0.39, 0.29) is 5.41 Å². The van der Waals surface area contributed by atoms with Gasteiger partial charge in [-0.3, -0.25) is 5.10 Å². The van der Waals surface area contributed by atoms with Crippen molar-refractivity contribution in [1.29, 1.82) is 0 Å². The smallest absolute Gasteiger partial charge is 0.0711 e. The summed E-state index contributed by atoms with van der Waals surface area (Å²) in [7, 11) is 2.15. The van der Waals surface area contributed by atoms with E-state index in [1.165, 1.54) is 17.0 Å². The Kier molecular flexibility index (Phi) is 2.14. The van der Waals surface area contributed by atoms with Gasteiger partial charge in [-0.2, -0.15) is 5.10 Å². The lowest BCUT2D eigenvalue weighted by Crippen LogP contribution is -2.27. The summed E-state index contributed by atoms with van der Waals surface area (Å²) in [4.78, 5) is 2.33.